The minimum Gasteiger partial charge on any atom is -0.354 e. The highest BCUT2D eigenvalue weighted by Crippen LogP contribution is 2.29. The second-order valence-corrected chi connectivity index (χ2v) is 9.66. The Morgan fingerprint density at radius 3 is 2.67 bits per heavy atom. The van der Waals surface area contributed by atoms with Crippen LogP contribution in [0.2, 0.25) is 5.02 Å². The highest BCUT2D eigenvalue weighted by molar-refractivity contribution is 7.22. The summed E-state index contributed by atoms with van der Waals surface area (Å²) < 4.78 is 1.66. The van der Waals surface area contributed by atoms with Gasteiger partial charge in [0.2, 0.25) is 11.8 Å². The average Bonchev–Trinajstić information content (AvgIpc) is 3.22. The molecule has 0 spiro atoms. The van der Waals surface area contributed by atoms with Crippen LogP contribution in [0.25, 0.3) is 10.3 Å². The van der Waals surface area contributed by atoms with Crippen LogP contribution in [0.3, 0.4) is 0 Å². The van der Waals surface area contributed by atoms with Crippen molar-refractivity contribution < 1.29 is 9.59 Å². The van der Waals surface area contributed by atoms with Crippen LogP contribution in [0.15, 0.2) is 35.4 Å². The summed E-state index contributed by atoms with van der Waals surface area (Å²) in [5.41, 5.74) is 0.531. The molecule has 0 radical (unpaired) electrons. The first-order chi connectivity index (χ1) is 15.8. The molecule has 0 saturated carbocycles. The lowest BCUT2D eigenvalue weighted by Gasteiger charge is -2.31. The number of hydrogen-bond donors (Lipinski definition) is 2. The molecule has 1 aromatic carbocycles. The Hall–Kier alpha value is -2.98. The van der Waals surface area contributed by atoms with E-state index in [4.69, 9.17) is 11.6 Å². The Labute approximate surface area is 199 Å². The lowest BCUT2D eigenvalue weighted by atomic mass is 9.96. The molecule has 2 amide bonds. The lowest BCUT2D eigenvalue weighted by molar-refractivity contribution is -0.126. The molecule has 33 heavy (non-hydrogen) atoms. The summed E-state index contributed by atoms with van der Waals surface area (Å²) in [6.07, 6.45) is 2.80. The van der Waals surface area contributed by atoms with Crippen LogP contribution in [0.5, 0.6) is 0 Å². The van der Waals surface area contributed by atoms with E-state index >= 15 is 0 Å². The standard InChI is InChI=1S/C22H25ClN6O3S/c1-13(2)25-20(31)14-7-9-28(10-8-14)22-27-19-18(33-22)21(32)29(12-24-19)11-17(30)26-16-6-4-3-5-15(16)23/h3-6,12-14H,7-11H2,1-2H3,(H,25,31)(H,26,30). The van der Waals surface area contributed by atoms with Crippen molar-refractivity contribution in [3.05, 3.63) is 46.0 Å². The van der Waals surface area contributed by atoms with Crippen molar-refractivity contribution in [2.75, 3.05) is 23.3 Å². The van der Waals surface area contributed by atoms with Crippen molar-refractivity contribution in [2.45, 2.75) is 39.3 Å². The molecule has 0 aliphatic carbocycles. The molecule has 3 aromatic rings. The lowest BCUT2D eigenvalue weighted by Crippen LogP contribution is -2.42. The van der Waals surface area contributed by atoms with Gasteiger partial charge in [0.25, 0.3) is 5.56 Å². The first kappa shape index (κ1) is 23.2. The van der Waals surface area contributed by atoms with E-state index in [-0.39, 0.29) is 35.9 Å². The van der Waals surface area contributed by atoms with Gasteiger partial charge in [0.05, 0.1) is 10.7 Å². The number of benzene rings is 1. The molecule has 0 atom stereocenters. The molecule has 1 aliphatic rings. The molecule has 3 heterocycles. The molecule has 11 heteroatoms. The number of carbonyl (C=O) groups excluding carboxylic acids is 2. The normalized spacial score (nSPS) is 14.6. The molecule has 0 bridgehead atoms. The number of thiazole rings is 1. The van der Waals surface area contributed by atoms with Crippen LogP contribution in [-0.2, 0) is 16.1 Å². The van der Waals surface area contributed by atoms with Crippen molar-refractivity contribution in [3.63, 3.8) is 0 Å². The number of para-hydroxylation sites is 1. The van der Waals surface area contributed by atoms with Gasteiger partial charge in [0.1, 0.15) is 17.6 Å². The number of amides is 2. The van der Waals surface area contributed by atoms with Gasteiger partial charge in [-0.05, 0) is 38.8 Å². The first-order valence-electron chi connectivity index (χ1n) is 10.8. The van der Waals surface area contributed by atoms with Gasteiger partial charge < -0.3 is 15.5 Å². The monoisotopic (exact) mass is 488 g/mol. The maximum absolute atomic E-state index is 12.9. The minimum atomic E-state index is -0.377. The molecule has 1 aliphatic heterocycles. The smallest absolute Gasteiger partial charge is 0.273 e. The quantitative estimate of drug-likeness (QED) is 0.552. The number of halogens is 1. The van der Waals surface area contributed by atoms with E-state index in [0.29, 0.717) is 39.3 Å². The van der Waals surface area contributed by atoms with E-state index < -0.39 is 0 Å². The van der Waals surface area contributed by atoms with Crippen molar-refractivity contribution >= 4 is 55.9 Å². The van der Waals surface area contributed by atoms with Gasteiger partial charge in [-0.15, -0.1) is 0 Å². The summed E-state index contributed by atoms with van der Waals surface area (Å²) >= 11 is 7.34. The summed E-state index contributed by atoms with van der Waals surface area (Å²) in [5.74, 6) is -0.295. The molecule has 2 aromatic heterocycles. The van der Waals surface area contributed by atoms with E-state index in [9.17, 15) is 14.4 Å². The van der Waals surface area contributed by atoms with E-state index in [1.165, 1.54) is 22.2 Å². The van der Waals surface area contributed by atoms with E-state index in [0.717, 1.165) is 12.8 Å². The fraction of sp³-hybridized carbons (Fsp3) is 0.409. The fourth-order valence-corrected chi connectivity index (χ4v) is 4.93. The van der Waals surface area contributed by atoms with Crippen LogP contribution in [0.4, 0.5) is 10.8 Å². The van der Waals surface area contributed by atoms with Crippen LogP contribution in [-0.4, -0.2) is 45.5 Å². The third-order valence-electron chi connectivity index (χ3n) is 5.40. The van der Waals surface area contributed by atoms with E-state index in [1.54, 1.807) is 24.3 Å². The number of hydrogen-bond acceptors (Lipinski definition) is 7. The summed E-state index contributed by atoms with van der Waals surface area (Å²) in [6.45, 7) is 5.09. The second kappa shape index (κ2) is 9.88. The molecule has 4 rings (SSSR count). The SMILES string of the molecule is CC(C)NC(=O)C1CCN(c2nc3ncn(CC(=O)Nc4ccccc4Cl)c(=O)c3s2)CC1. The summed E-state index contributed by atoms with van der Waals surface area (Å²) in [6, 6.07) is 7.02. The third kappa shape index (κ3) is 5.33. The van der Waals surface area contributed by atoms with Crippen LogP contribution < -0.4 is 21.1 Å². The molecule has 2 N–H and O–H groups in total. The maximum Gasteiger partial charge on any atom is 0.273 e. The highest BCUT2D eigenvalue weighted by Gasteiger charge is 2.27. The Morgan fingerprint density at radius 2 is 1.97 bits per heavy atom. The van der Waals surface area contributed by atoms with Gasteiger partial charge in [-0.3, -0.25) is 19.0 Å². The van der Waals surface area contributed by atoms with Gasteiger partial charge in [0, 0.05) is 25.0 Å². The predicted molar refractivity (Wildman–Crippen MR) is 130 cm³/mol. The number of nitrogens with zero attached hydrogens (tertiary/aromatic N) is 4. The van der Waals surface area contributed by atoms with Crippen LogP contribution in [0, 0.1) is 5.92 Å². The zero-order valence-electron chi connectivity index (χ0n) is 18.4. The van der Waals surface area contributed by atoms with Crippen molar-refractivity contribution in [3.8, 4) is 0 Å². The Balaban J connectivity index is 1.44. The summed E-state index contributed by atoms with van der Waals surface area (Å²) in [5, 5.41) is 6.80. The fourth-order valence-electron chi connectivity index (χ4n) is 3.73. The number of piperidine rings is 1. The van der Waals surface area contributed by atoms with Crippen LogP contribution >= 0.6 is 22.9 Å². The zero-order chi connectivity index (χ0) is 23.5. The number of nitrogens with one attached hydrogen (secondary N) is 2. The van der Waals surface area contributed by atoms with E-state index in [1.807, 2.05) is 13.8 Å². The molecule has 0 unspecified atom stereocenters. The summed E-state index contributed by atoms with van der Waals surface area (Å²) in [7, 11) is 0. The Bertz CT molecular complexity index is 1230. The first-order valence-corrected chi connectivity index (χ1v) is 12.0. The van der Waals surface area contributed by atoms with Crippen molar-refractivity contribution in [2.24, 2.45) is 5.92 Å². The average molecular weight is 489 g/mol. The van der Waals surface area contributed by atoms with Crippen molar-refractivity contribution in [1.29, 1.82) is 0 Å². The van der Waals surface area contributed by atoms with Gasteiger partial charge >= 0.3 is 0 Å². The van der Waals surface area contributed by atoms with Gasteiger partial charge in [-0.1, -0.05) is 35.1 Å². The van der Waals surface area contributed by atoms with Crippen LogP contribution in [0.1, 0.15) is 26.7 Å². The number of anilines is 2. The van der Waals surface area contributed by atoms with Gasteiger partial charge in [-0.25, -0.2) is 4.98 Å². The molecular formula is C22H25ClN6O3S. The zero-order valence-corrected chi connectivity index (χ0v) is 19.9. The third-order valence-corrected chi connectivity index (χ3v) is 6.82. The molecule has 1 fully saturated rings. The molecule has 174 valence electrons. The number of fused-ring (bicyclic) bond motifs is 1. The second-order valence-electron chi connectivity index (χ2n) is 8.28. The topological polar surface area (TPSA) is 109 Å². The molecule has 9 nitrogen and oxygen atoms in total. The van der Waals surface area contributed by atoms with Crippen molar-refractivity contribution in [1.82, 2.24) is 19.9 Å². The highest BCUT2D eigenvalue weighted by atomic mass is 35.5. The minimum absolute atomic E-state index is 0.00925. The molecule has 1 saturated heterocycles. The number of rotatable bonds is 6. The number of aromatic nitrogens is 3. The number of carbonyl (C=O) groups is 2. The molecular weight excluding hydrogens is 464 g/mol. The Morgan fingerprint density at radius 1 is 1.24 bits per heavy atom. The van der Waals surface area contributed by atoms with Gasteiger partial charge in [-0.2, -0.15) is 4.98 Å². The Kier molecular flexibility index (Phi) is 6.94. The summed E-state index contributed by atoms with van der Waals surface area (Å²) in [4.78, 5) is 48.5. The predicted octanol–water partition coefficient (Wildman–Crippen LogP) is 2.89. The van der Waals surface area contributed by atoms with Gasteiger partial charge in [0.15, 0.2) is 10.8 Å². The maximum atomic E-state index is 12.9. The largest absolute Gasteiger partial charge is 0.354 e. The van der Waals surface area contributed by atoms with E-state index in [2.05, 4.69) is 25.5 Å².